The van der Waals surface area contributed by atoms with E-state index in [1.54, 1.807) is 37.4 Å². The van der Waals surface area contributed by atoms with E-state index in [0.717, 1.165) is 10.6 Å². The van der Waals surface area contributed by atoms with Gasteiger partial charge in [-0.3, -0.25) is 5.01 Å². The zero-order valence-corrected chi connectivity index (χ0v) is 15.7. The van der Waals surface area contributed by atoms with Crippen LogP contribution in [0.4, 0.5) is 20.3 Å². The molecule has 1 aromatic heterocycles. The number of nitrogens with zero attached hydrogens (tertiary/aromatic N) is 3. The Morgan fingerprint density at radius 3 is 2.32 bits per heavy atom. The quantitative estimate of drug-likeness (QED) is 0.369. The van der Waals surface area contributed by atoms with Gasteiger partial charge in [0.1, 0.15) is 11.4 Å². The van der Waals surface area contributed by atoms with Crippen LogP contribution in [0.15, 0.2) is 54.6 Å². The molecule has 28 heavy (non-hydrogen) atoms. The maximum atomic E-state index is 14.9. The molecule has 0 unspecified atom stereocenters. The van der Waals surface area contributed by atoms with Crippen molar-refractivity contribution in [2.24, 2.45) is 5.84 Å². The minimum atomic E-state index is -3.46. The summed E-state index contributed by atoms with van der Waals surface area (Å²) in [7, 11) is 1.56. The van der Waals surface area contributed by atoms with Crippen LogP contribution >= 0.6 is 11.6 Å². The molecule has 2 aromatic carbocycles. The zero-order valence-electron chi connectivity index (χ0n) is 14.9. The second-order valence-corrected chi connectivity index (χ2v) is 6.35. The van der Waals surface area contributed by atoms with E-state index < -0.39 is 11.7 Å². The second-order valence-electron chi connectivity index (χ2n) is 5.99. The molecule has 0 saturated carbocycles. The summed E-state index contributed by atoms with van der Waals surface area (Å²) < 4.78 is 34.8. The Kier molecular flexibility index (Phi) is 5.62. The van der Waals surface area contributed by atoms with Crippen LogP contribution in [-0.2, 0) is 12.5 Å². The van der Waals surface area contributed by atoms with Crippen LogP contribution in [0.3, 0.4) is 0 Å². The van der Waals surface area contributed by atoms with Crippen molar-refractivity contribution in [1.29, 1.82) is 0 Å². The Hall–Kier alpha value is -2.97. The lowest BCUT2D eigenvalue weighted by Crippen LogP contribution is -2.33. The van der Waals surface area contributed by atoms with Crippen molar-refractivity contribution in [3.05, 3.63) is 76.7 Å². The predicted molar refractivity (Wildman–Crippen MR) is 104 cm³/mol. The molecule has 4 N–H and O–H groups in total. The van der Waals surface area contributed by atoms with Gasteiger partial charge in [-0.05, 0) is 17.7 Å². The van der Waals surface area contributed by atoms with E-state index in [0.29, 0.717) is 5.75 Å². The van der Waals surface area contributed by atoms with Gasteiger partial charge in [-0.1, -0.05) is 54.1 Å². The SMILES string of the molecule is COc1ccc(CN(N)c2nc(C(F)(F)c3ccccc3)nc(Cl)c2N)cc1. The predicted octanol–water partition coefficient (Wildman–Crippen LogP) is 3.74. The van der Waals surface area contributed by atoms with Crippen LogP contribution in [0, 0.1) is 0 Å². The van der Waals surface area contributed by atoms with Crippen LogP contribution in [0.5, 0.6) is 5.75 Å². The maximum Gasteiger partial charge on any atom is 0.331 e. The second kappa shape index (κ2) is 7.95. The molecular formula is C19H18ClF2N5O. The van der Waals surface area contributed by atoms with Gasteiger partial charge in [0.2, 0.25) is 5.82 Å². The first-order valence-electron chi connectivity index (χ1n) is 8.25. The van der Waals surface area contributed by atoms with Crippen molar-refractivity contribution in [3.8, 4) is 5.75 Å². The van der Waals surface area contributed by atoms with Gasteiger partial charge in [-0.2, -0.15) is 8.78 Å². The van der Waals surface area contributed by atoms with Crippen LogP contribution in [0.2, 0.25) is 5.15 Å². The molecule has 0 atom stereocenters. The van der Waals surface area contributed by atoms with E-state index in [-0.39, 0.29) is 28.8 Å². The molecule has 1 heterocycles. The number of hydrogen-bond acceptors (Lipinski definition) is 6. The molecular weight excluding hydrogens is 388 g/mol. The number of nitrogens with two attached hydrogens (primary N) is 2. The van der Waals surface area contributed by atoms with Crippen LogP contribution < -0.4 is 21.3 Å². The lowest BCUT2D eigenvalue weighted by molar-refractivity contribution is 0.0329. The summed E-state index contributed by atoms with van der Waals surface area (Å²) in [4.78, 5) is 7.59. The molecule has 0 radical (unpaired) electrons. The van der Waals surface area contributed by atoms with E-state index in [4.69, 9.17) is 27.9 Å². The summed E-state index contributed by atoms with van der Waals surface area (Å²) in [6.07, 6.45) is 0. The zero-order chi connectivity index (χ0) is 20.3. The molecule has 0 fully saturated rings. The van der Waals surface area contributed by atoms with Gasteiger partial charge in [-0.15, -0.1) is 0 Å². The normalized spacial score (nSPS) is 11.3. The number of ether oxygens (including phenoxy) is 1. The van der Waals surface area contributed by atoms with E-state index in [1.165, 1.54) is 24.3 Å². The van der Waals surface area contributed by atoms with E-state index >= 15 is 0 Å². The van der Waals surface area contributed by atoms with Crippen molar-refractivity contribution < 1.29 is 13.5 Å². The molecule has 0 aliphatic heterocycles. The minimum absolute atomic E-state index is 0.0784. The summed E-state index contributed by atoms with van der Waals surface area (Å²) in [5, 5.41) is 0.857. The number of hydrazine groups is 1. The summed E-state index contributed by atoms with van der Waals surface area (Å²) >= 11 is 5.99. The highest BCUT2D eigenvalue weighted by Crippen LogP contribution is 2.37. The third kappa shape index (κ3) is 3.97. The number of aromatic nitrogens is 2. The average Bonchev–Trinajstić information content (AvgIpc) is 2.71. The maximum absolute atomic E-state index is 14.9. The molecule has 0 bridgehead atoms. The van der Waals surface area contributed by atoms with Gasteiger partial charge in [-0.25, -0.2) is 15.8 Å². The van der Waals surface area contributed by atoms with Crippen LogP contribution in [0.25, 0.3) is 0 Å². The molecule has 3 aromatic rings. The first-order valence-corrected chi connectivity index (χ1v) is 8.62. The summed E-state index contributed by atoms with van der Waals surface area (Å²) in [5.74, 6) is 2.40. The highest BCUT2D eigenvalue weighted by molar-refractivity contribution is 6.32. The van der Waals surface area contributed by atoms with Crippen molar-refractivity contribution in [3.63, 3.8) is 0 Å². The van der Waals surface area contributed by atoms with Crippen LogP contribution in [-0.4, -0.2) is 17.1 Å². The number of halogens is 3. The van der Waals surface area contributed by atoms with Gasteiger partial charge < -0.3 is 10.5 Å². The smallest absolute Gasteiger partial charge is 0.331 e. The Morgan fingerprint density at radius 1 is 1.07 bits per heavy atom. The van der Waals surface area contributed by atoms with Gasteiger partial charge >= 0.3 is 5.92 Å². The summed E-state index contributed by atoms with van der Waals surface area (Å²) in [6, 6.07) is 14.3. The van der Waals surface area contributed by atoms with Crippen molar-refractivity contribution >= 4 is 23.1 Å². The van der Waals surface area contributed by atoms with E-state index in [2.05, 4.69) is 9.97 Å². The monoisotopic (exact) mass is 405 g/mol. The first-order chi connectivity index (χ1) is 13.3. The number of anilines is 2. The van der Waals surface area contributed by atoms with Crippen molar-refractivity contribution in [2.45, 2.75) is 12.5 Å². The molecule has 0 saturated heterocycles. The fourth-order valence-corrected chi connectivity index (χ4v) is 2.73. The third-order valence-electron chi connectivity index (χ3n) is 4.08. The molecule has 0 aliphatic carbocycles. The lowest BCUT2D eigenvalue weighted by Gasteiger charge is -2.22. The third-order valence-corrected chi connectivity index (χ3v) is 4.37. The van der Waals surface area contributed by atoms with E-state index in [9.17, 15) is 8.78 Å². The number of methoxy groups -OCH3 is 1. The Balaban J connectivity index is 1.94. The molecule has 9 heteroatoms. The minimum Gasteiger partial charge on any atom is -0.497 e. The highest BCUT2D eigenvalue weighted by atomic mass is 35.5. The fraction of sp³-hybridized carbons (Fsp3) is 0.158. The standard InChI is InChI=1S/C19H18ClF2N5O/c1-28-14-9-7-12(8-10-14)11-27(24)17-15(23)16(20)25-18(26-17)19(21,22)13-5-3-2-4-6-13/h2-10H,11,23-24H2,1H3. The molecule has 0 spiro atoms. The Morgan fingerprint density at radius 2 is 1.71 bits per heavy atom. The lowest BCUT2D eigenvalue weighted by atomic mass is 10.1. The number of rotatable bonds is 6. The van der Waals surface area contributed by atoms with Gasteiger partial charge in [0, 0.05) is 5.56 Å². The van der Waals surface area contributed by atoms with Gasteiger partial charge in [0.25, 0.3) is 0 Å². The van der Waals surface area contributed by atoms with Gasteiger partial charge in [0.05, 0.1) is 13.7 Å². The molecule has 0 amide bonds. The van der Waals surface area contributed by atoms with Gasteiger partial charge in [0.15, 0.2) is 11.0 Å². The Bertz CT molecular complexity index is 955. The van der Waals surface area contributed by atoms with E-state index in [1.807, 2.05) is 0 Å². The topological polar surface area (TPSA) is 90.3 Å². The fourth-order valence-electron chi connectivity index (χ4n) is 2.57. The largest absolute Gasteiger partial charge is 0.497 e. The first kappa shape index (κ1) is 19.8. The number of nitrogen functional groups attached to an aromatic ring is 1. The number of alkyl halides is 2. The highest BCUT2D eigenvalue weighted by Gasteiger charge is 2.38. The molecule has 6 nitrogen and oxygen atoms in total. The van der Waals surface area contributed by atoms with Crippen molar-refractivity contribution in [1.82, 2.24) is 9.97 Å². The summed E-state index contributed by atoms with van der Waals surface area (Å²) in [5.41, 5.74) is 6.35. The summed E-state index contributed by atoms with van der Waals surface area (Å²) in [6.45, 7) is 0.165. The Labute approximate surface area is 165 Å². The molecule has 0 aliphatic rings. The van der Waals surface area contributed by atoms with Crippen LogP contribution in [0.1, 0.15) is 17.0 Å². The average molecular weight is 406 g/mol. The number of hydrogen-bond donors (Lipinski definition) is 2. The number of benzene rings is 2. The molecule has 146 valence electrons. The van der Waals surface area contributed by atoms with Crippen molar-refractivity contribution in [2.75, 3.05) is 17.9 Å². The molecule has 3 rings (SSSR count).